The van der Waals surface area contributed by atoms with Gasteiger partial charge in [-0.25, -0.2) is 0 Å². The second kappa shape index (κ2) is 3.46. The molecule has 0 aliphatic heterocycles. The van der Waals surface area contributed by atoms with Gasteiger partial charge in [-0.1, -0.05) is 0 Å². The topological polar surface area (TPSA) is 26.0 Å². The summed E-state index contributed by atoms with van der Waals surface area (Å²) in [7, 11) is 0. The second-order valence-corrected chi connectivity index (χ2v) is 2.81. The van der Waals surface area contributed by atoms with Gasteiger partial charge in [0, 0.05) is 11.6 Å². The van der Waals surface area contributed by atoms with E-state index < -0.39 is 11.7 Å². The third-order valence-electron chi connectivity index (χ3n) is 1.61. The molecule has 0 heterocycles. The van der Waals surface area contributed by atoms with E-state index in [4.69, 9.17) is 17.3 Å². The highest BCUT2D eigenvalue weighted by Gasteiger charge is 2.30. The fourth-order valence-electron chi connectivity index (χ4n) is 0.898. The van der Waals surface area contributed by atoms with Crippen LogP contribution in [-0.4, -0.2) is 0 Å². The molecule has 72 valence electrons. The predicted octanol–water partition coefficient (Wildman–Crippen LogP) is 3.03. The first-order chi connectivity index (χ1) is 5.95. The Morgan fingerprint density at radius 2 is 1.92 bits per heavy atom. The average Bonchev–Trinajstić information content (AvgIpc) is 2.03. The molecule has 0 saturated heterocycles. The zero-order valence-corrected chi connectivity index (χ0v) is 7.28. The third-order valence-corrected chi connectivity index (χ3v) is 1.90. The Kier molecular flexibility index (Phi) is 2.71. The highest BCUT2D eigenvalue weighted by molar-refractivity contribution is 6.17. The molecule has 1 aromatic rings. The third kappa shape index (κ3) is 2.28. The van der Waals surface area contributed by atoms with E-state index in [2.05, 4.69) is 0 Å². The molecule has 0 unspecified atom stereocenters. The number of hydrogen-bond donors (Lipinski definition) is 1. The van der Waals surface area contributed by atoms with Crippen LogP contribution in [-0.2, 0) is 12.1 Å². The Hall–Kier alpha value is -0.900. The van der Waals surface area contributed by atoms with E-state index >= 15 is 0 Å². The lowest BCUT2D eigenvalue weighted by Crippen LogP contribution is -2.06. The number of anilines is 1. The van der Waals surface area contributed by atoms with Gasteiger partial charge in [0.15, 0.2) is 0 Å². The van der Waals surface area contributed by atoms with Gasteiger partial charge < -0.3 is 5.73 Å². The number of halogens is 4. The zero-order valence-electron chi connectivity index (χ0n) is 6.53. The molecule has 0 spiro atoms. The van der Waals surface area contributed by atoms with Crippen LogP contribution in [0.5, 0.6) is 0 Å². The molecule has 0 aliphatic rings. The van der Waals surface area contributed by atoms with Gasteiger partial charge in [0.2, 0.25) is 0 Å². The van der Waals surface area contributed by atoms with Gasteiger partial charge >= 0.3 is 6.18 Å². The van der Waals surface area contributed by atoms with E-state index in [0.717, 1.165) is 12.1 Å². The van der Waals surface area contributed by atoms with Crippen molar-refractivity contribution in [1.29, 1.82) is 0 Å². The molecule has 0 saturated carbocycles. The van der Waals surface area contributed by atoms with Crippen LogP contribution in [0.1, 0.15) is 11.1 Å². The van der Waals surface area contributed by atoms with Crippen molar-refractivity contribution >= 4 is 17.3 Å². The quantitative estimate of drug-likeness (QED) is 0.558. The maximum Gasteiger partial charge on any atom is 0.416 e. The molecule has 0 radical (unpaired) electrons. The molecule has 13 heavy (non-hydrogen) atoms. The van der Waals surface area contributed by atoms with Crippen LogP contribution in [0.2, 0.25) is 0 Å². The van der Waals surface area contributed by atoms with Crippen molar-refractivity contribution in [3.05, 3.63) is 29.3 Å². The molecule has 1 aromatic carbocycles. The number of rotatable bonds is 1. The van der Waals surface area contributed by atoms with E-state index in [0.29, 0.717) is 5.56 Å². The summed E-state index contributed by atoms with van der Waals surface area (Å²) >= 11 is 5.41. The SMILES string of the molecule is Nc1ccc(C(F)(F)F)cc1CCl. The van der Waals surface area contributed by atoms with Crippen molar-refractivity contribution in [2.24, 2.45) is 0 Å². The lowest BCUT2D eigenvalue weighted by atomic mass is 10.1. The van der Waals surface area contributed by atoms with Crippen LogP contribution in [0.15, 0.2) is 18.2 Å². The Labute approximate surface area is 78.3 Å². The fraction of sp³-hybridized carbons (Fsp3) is 0.250. The average molecular weight is 210 g/mol. The molecule has 2 N–H and O–H groups in total. The van der Waals surface area contributed by atoms with Gasteiger partial charge in [-0.05, 0) is 23.8 Å². The largest absolute Gasteiger partial charge is 0.416 e. The summed E-state index contributed by atoms with van der Waals surface area (Å²) in [6.07, 6.45) is -4.34. The zero-order chi connectivity index (χ0) is 10.1. The van der Waals surface area contributed by atoms with Gasteiger partial charge in [-0.3, -0.25) is 0 Å². The molecule has 0 bridgehead atoms. The summed E-state index contributed by atoms with van der Waals surface area (Å²) in [5, 5.41) is 0. The summed E-state index contributed by atoms with van der Waals surface area (Å²) in [4.78, 5) is 0. The van der Waals surface area contributed by atoms with Crippen molar-refractivity contribution in [3.8, 4) is 0 Å². The minimum absolute atomic E-state index is 0.0181. The van der Waals surface area contributed by atoms with E-state index in [1.807, 2.05) is 0 Å². The fourth-order valence-corrected chi connectivity index (χ4v) is 1.13. The maximum atomic E-state index is 12.2. The lowest BCUT2D eigenvalue weighted by molar-refractivity contribution is -0.137. The molecule has 1 rings (SSSR count). The highest BCUT2D eigenvalue weighted by atomic mass is 35.5. The maximum absolute atomic E-state index is 12.2. The van der Waals surface area contributed by atoms with Crippen molar-refractivity contribution in [1.82, 2.24) is 0 Å². The number of hydrogen-bond acceptors (Lipinski definition) is 1. The highest BCUT2D eigenvalue weighted by Crippen LogP contribution is 2.31. The summed E-state index contributed by atoms with van der Waals surface area (Å²) in [5.41, 5.74) is 5.25. The molecular formula is C8H7ClF3N. The lowest BCUT2D eigenvalue weighted by Gasteiger charge is -2.09. The van der Waals surface area contributed by atoms with Crippen molar-refractivity contribution in [2.75, 3.05) is 5.73 Å². The van der Waals surface area contributed by atoms with Crippen LogP contribution in [0.4, 0.5) is 18.9 Å². The van der Waals surface area contributed by atoms with Gasteiger partial charge in [-0.2, -0.15) is 13.2 Å². The second-order valence-electron chi connectivity index (χ2n) is 2.54. The number of nitrogens with two attached hydrogens (primary N) is 1. The van der Waals surface area contributed by atoms with Crippen LogP contribution in [0.3, 0.4) is 0 Å². The number of alkyl halides is 4. The Balaban J connectivity index is 3.14. The van der Waals surface area contributed by atoms with Gasteiger partial charge in [0.25, 0.3) is 0 Å². The van der Waals surface area contributed by atoms with Crippen molar-refractivity contribution < 1.29 is 13.2 Å². The van der Waals surface area contributed by atoms with E-state index in [-0.39, 0.29) is 11.6 Å². The summed E-state index contributed by atoms with van der Waals surface area (Å²) in [5.74, 6) is -0.0181. The molecule has 0 amide bonds. The van der Waals surface area contributed by atoms with Crippen LogP contribution < -0.4 is 5.73 Å². The molecule has 5 heteroatoms. The monoisotopic (exact) mass is 209 g/mol. The first-order valence-corrected chi connectivity index (χ1v) is 4.00. The van der Waals surface area contributed by atoms with Crippen molar-refractivity contribution in [3.63, 3.8) is 0 Å². The normalized spacial score (nSPS) is 11.7. The van der Waals surface area contributed by atoms with Crippen LogP contribution in [0, 0.1) is 0 Å². The van der Waals surface area contributed by atoms with Gasteiger partial charge in [-0.15, -0.1) is 11.6 Å². The minimum Gasteiger partial charge on any atom is -0.398 e. The molecule has 1 nitrogen and oxygen atoms in total. The molecule has 0 aliphatic carbocycles. The minimum atomic E-state index is -4.34. The first kappa shape index (κ1) is 10.2. The van der Waals surface area contributed by atoms with E-state index in [1.54, 1.807) is 0 Å². The molecular weight excluding hydrogens is 203 g/mol. The number of nitrogen functional groups attached to an aromatic ring is 1. The van der Waals surface area contributed by atoms with Crippen LogP contribution in [0.25, 0.3) is 0 Å². The standard InChI is InChI=1S/C8H7ClF3N/c9-4-5-3-6(8(10,11)12)1-2-7(5)13/h1-3H,4,13H2. The Morgan fingerprint density at radius 3 is 2.38 bits per heavy atom. The first-order valence-electron chi connectivity index (χ1n) is 3.46. The predicted molar refractivity (Wildman–Crippen MR) is 45.4 cm³/mol. The van der Waals surface area contributed by atoms with Gasteiger partial charge in [0.1, 0.15) is 0 Å². The molecule has 0 atom stereocenters. The summed E-state index contributed by atoms with van der Waals surface area (Å²) in [6.45, 7) is 0. The number of benzene rings is 1. The Bertz CT molecular complexity index is 309. The molecule has 0 fully saturated rings. The Morgan fingerprint density at radius 1 is 1.31 bits per heavy atom. The summed E-state index contributed by atoms with van der Waals surface area (Å²) in [6, 6.07) is 3.11. The summed E-state index contributed by atoms with van der Waals surface area (Å²) < 4.78 is 36.5. The van der Waals surface area contributed by atoms with Gasteiger partial charge in [0.05, 0.1) is 5.56 Å². The molecule has 0 aromatic heterocycles. The smallest absolute Gasteiger partial charge is 0.398 e. The van der Waals surface area contributed by atoms with Crippen LogP contribution >= 0.6 is 11.6 Å². The van der Waals surface area contributed by atoms with Crippen molar-refractivity contribution in [2.45, 2.75) is 12.1 Å². The van der Waals surface area contributed by atoms with E-state index in [9.17, 15) is 13.2 Å². The van der Waals surface area contributed by atoms with E-state index in [1.165, 1.54) is 6.07 Å².